The largest absolute Gasteiger partial charge is 0.253 e. The summed E-state index contributed by atoms with van der Waals surface area (Å²) in [4.78, 5) is 4.32. The summed E-state index contributed by atoms with van der Waals surface area (Å²) in [5.74, 6) is 0. The smallest absolute Gasteiger partial charge is 0.136 e. The topological polar surface area (TPSA) is 48.0 Å². The molecule has 3 aromatic rings. The zero-order valence-corrected chi connectivity index (χ0v) is 13.5. The van der Waals surface area contributed by atoms with Gasteiger partial charge in [-0.05, 0) is 25.5 Å². The number of benzene rings is 1. The van der Waals surface area contributed by atoms with E-state index in [0.717, 1.165) is 41.7 Å². The lowest BCUT2D eigenvalue weighted by Gasteiger charge is -2.00. The van der Waals surface area contributed by atoms with Crippen LogP contribution < -0.4 is 0 Å². The quantitative estimate of drug-likeness (QED) is 0.671. The maximum Gasteiger partial charge on any atom is 0.136 e. The molecule has 2 heterocycles. The van der Waals surface area contributed by atoms with Crippen molar-refractivity contribution in [1.82, 2.24) is 19.4 Å². The van der Waals surface area contributed by atoms with E-state index in [-0.39, 0.29) is 0 Å². The minimum Gasteiger partial charge on any atom is -0.253 e. The van der Waals surface area contributed by atoms with Crippen molar-refractivity contribution in [2.75, 3.05) is 0 Å². The summed E-state index contributed by atoms with van der Waals surface area (Å²) in [6.07, 6.45) is 5.62. The highest BCUT2D eigenvalue weighted by atomic mass is 35.5. The molecule has 0 saturated heterocycles. The van der Waals surface area contributed by atoms with Crippen LogP contribution in [0.3, 0.4) is 0 Å². The standard InChI is InChI=1S/C16H18ClN5/c1-3-4-9-21-16(17)13(12(2)20-21)10-19-22-11-18-14-7-5-6-8-15(14)22/h5-8,10-11H,3-4,9H2,1-2H3/b19-10-. The van der Waals surface area contributed by atoms with Crippen LogP contribution in [-0.2, 0) is 6.54 Å². The van der Waals surface area contributed by atoms with Gasteiger partial charge < -0.3 is 0 Å². The number of aryl methyl sites for hydroxylation is 2. The highest BCUT2D eigenvalue weighted by Gasteiger charge is 2.11. The fourth-order valence-corrected chi connectivity index (χ4v) is 2.64. The van der Waals surface area contributed by atoms with Gasteiger partial charge in [0.25, 0.3) is 0 Å². The monoisotopic (exact) mass is 315 g/mol. The summed E-state index contributed by atoms with van der Waals surface area (Å²) in [5, 5.41) is 9.59. The molecule has 0 aliphatic carbocycles. The minimum atomic E-state index is 0.638. The number of imidazole rings is 1. The van der Waals surface area contributed by atoms with E-state index in [2.05, 4.69) is 22.1 Å². The van der Waals surface area contributed by atoms with E-state index in [1.54, 1.807) is 17.2 Å². The third-order valence-corrected chi connectivity index (χ3v) is 3.98. The highest BCUT2D eigenvalue weighted by molar-refractivity contribution is 6.32. The van der Waals surface area contributed by atoms with Crippen molar-refractivity contribution < 1.29 is 0 Å². The van der Waals surface area contributed by atoms with Gasteiger partial charge in [-0.2, -0.15) is 10.2 Å². The second kappa shape index (κ2) is 6.32. The molecule has 0 N–H and O–H groups in total. The fourth-order valence-electron chi connectivity index (χ4n) is 2.33. The molecule has 0 aliphatic rings. The van der Waals surface area contributed by atoms with Crippen molar-refractivity contribution in [3.8, 4) is 0 Å². The molecule has 1 aromatic carbocycles. The van der Waals surface area contributed by atoms with Crippen LogP contribution in [0.5, 0.6) is 0 Å². The van der Waals surface area contributed by atoms with Gasteiger partial charge in [0.2, 0.25) is 0 Å². The third kappa shape index (κ3) is 2.76. The first-order valence-electron chi connectivity index (χ1n) is 7.40. The maximum atomic E-state index is 6.41. The molecule has 0 atom stereocenters. The molecule has 0 radical (unpaired) electrons. The Balaban J connectivity index is 1.91. The molecule has 5 nitrogen and oxygen atoms in total. The van der Waals surface area contributed by atoms with Crippen molar-refractivity contribution in [2.24, 2.45) is 5.10 Å². The van der Waals surface area contributed by atoms with Gasteiger partial charge >= 0.3 is 0 Å². The minimum absolute atomic E-state index is 0.638. The average molecular weight is 316 g/mol. The van der Waals surface area contributed by atoms with Gasteiger partial charge in [-0.15, -0.1) is 0 Å². The van der Waals surface area contributed by atoms with Crippen molar-refractivity contribution in [3.05, 3.63) is 47.0 Å². The van der Waals surface area contributed by atoms with Crippen LogP contribution >= 0.6 is 11.6 Å². The number of hydrogen-bond donors (Lipinski definition) is 0. The first-order valence-corrected chi connectivity index (χ1v) is 7.78. The summed E-state index contributed by atoms with van der Waals surface area (Å²) in [7, 11) is 0. The number of aromatic nitrogens is 4. The van der Waals surface area contributed by atoms with Gasteiger partial charge in [0.1, 0.15) is 11.5 Å². The predicted octanol–water partition coefficient (Wildman–Crippen LogP) is 3.88. The van der Waals surface area contributed by atoms with Crippen LogP contribution in [-0.4, -0.2) is 25.7 Å². The Morgan fingerprint density at radius 3 is 2.95 bits per heavy atom. The second-order valence-electron chi connectivity index (χ2n) is 5.19. The van der Waals surface area contributed by atoms with Gasteiger partial charge in [-0.25, -0.2) is 9.66 Å². The Kier molecular flexibility index (Phi) is 4.24. The molecule has 114 valence electrons. The molecule has 0 unspecified atom stereocenters. The van der Waals surface area contributed by atoms with Crippen LogP contribution in [0, 0.1) is 6.92 Å². The molecule has 6 heteroatoms. The number of nitrogens with zero attached hydrogens (tertiary/aromatic N) is 5. The van der Waals surface area contributed by atoms with Crippen molar-refractivity contribution in [1.29, 1.82) is 0 Å². The number of hydrogen-bond acceptors (Lipinski definition) is 3. The summed E-state index contributed by atoms with van der Waals surface area (Å²) >= 11 is 6.41. The van der Waals surface area contributed by atoms with Crippen molar-refractivity contribution >= 4 is 28.8 Å². The molecule has 22 heavy (non-hydrogen) atoms. The van der Waals surface area contributed by atoms with Gasteiger partial charge in [0.15, 0.2) is 0 Å². The van der Waals surface area contributed by atoms with Crippen molar-refractivity contribution in [3.63, 3.8) is 0 Å². The Bertz CT molecular complexity index is 815. The van der Waals surface area contributed by atoms with Gasteiger partial charge in [0, 0.05) is 6.54 Å². The number of fused-ring (bicyclic) bond motifs is 1. The van der Waals surface area contributed by atoms with Crippen LogP contribution in [0.25, 0.3) is 11.0 Å². The van der Waals surface area contributed by atoms with E-state index in [9.17, 15) is 0 Å². The molecule has 0 aliphatic heterocycles. The Labute approximate surface area is 134 Å². The van der Waals surface area contributed by atoms with Crippen LogP contribution in [0.15, 0.2) is 35.7 Å². The molecule has 0 fully saturated rings. The predicted molar refractivity (Wildman–Crippen MR) is 89.6 cm³/mol. The van der Waals surface area contributed by atoms with E-state index in [1.165, 1.54) is 0 Å². The number of unbranched alkanes of at least 4 members (excludes halogenated alkanes) is 1. The van der Waals surface area contributed by atoms with E-state index < -0.39 is 0 Å². The summed E-state index contributed by atoms with van der Waals surface area (Å²) < 4.78 is 3.59. The van der Waals surface area contributed by atoms with Crippen molar-refractivity contribution in [2.45, 2.75) is 33.2 Å². The lowest BCUT2D eigenvalue weighted by atomic mass is 10.3. The van der Waals surface area contributed by atoms with Crippen LogP contribution in [0.4, 0.5) is 0 Å². The van der Waals surface area contributed by atoms with Gasteiger partial charge in [0.05, 0.1) is 28.5 Å². The number of para-hydroxylation sites is 2. The zero-order chi connectivity index (χ0) is 15.5. The molecule has 0 saturated carbocycles. The normalized spacial score (nSPS) is 11.8. The summed E-state index contributed by atoms with van der Waals surface area (Å²) in [6, 6.07) is 7.88. The van der Waals surface area contributed by atoms with E-state index in [4.69, 9.17) is 11.6 Å². The maximum absolute atomic E-state index is 6.41. The molecule has 0 amide bonds. The number of rotatable bonds is 5. The molecular formula is C16H18ClN5. The SMILES string of the molecule is CCCCn1nc(C)c(/C=N\n2cnc3ccccc32)c1Cl. The second-order valence-corrected chi connectivity index (χ2v) is 5.55. The lowest BCUT2D eigenvalue weighted by Crippen LogP contribution is -2.00. The van der Waals surface area contributed by atoms with Crippen LogP contribution in [0.1, 0.15) is 31.0 Å². The molecule has 0 bridgehead atoms. The molecule has 2 aromatic heterocycles. The molecule has 0 spiro atoms. The first-order chi connectivity index (χ1) is 10.7. The lowest BCUT2D eigenvalue weighted by molar-refractivity contribution is 0.569. The van der Waals surface area contributed by atoms with Gasteiger partial charge in [-0.1, -0.05) is 37.1 Å². The number of halogens is 1. The van der Waals surface area contributed by atoms with Crippen LogP contribution in [0.2, 0.25) is 5.15 Å². The summed E-state index contributed by atoms with van der Waals surface area (Å²) in [5.41, 5.74) is 3.62. The Morgan fingerprint density at radius 2 is 2.14 bits per heavy atom. The first kappa shape index (κ1) is 14.8. The van der Waals surface area contributed by atoms with E-state index >= 15 is 0 Å². The highest BCUT2D eigenvalue weighted by Crippen LogP contribution is 2.19. The Morgan fingerprint density at radius 1 is 1.32 bits per heavy atom. The molecule has 3 rings (SSSR count). The summed E-state index contributed by atoms with van der Waals surface area (Å²) in [6.45, 7) is 4.93. The van der Waals surface area contributed by atoms with E-state index in [0.29, 0.717) is 5.15 Å². The Hall–Kier alpha value is -2.14. The third-order valence-electron chi connectivity index (χ3n) is 3.58. The zero-order valence-electron chi connectivity index (χ0n) is 12.7. The fraction of sp³-hybridized carbons (Fsp3) is 0.312. The average Bonchev–Trinajstić information content (AvgIpc) is 3.05. The van der Waals surface area contributed by atoms with E-state index in [1.807, 2.05) is 35.9 Å². The van der Waals surface area contributed by atoms with Gasteiger partial charge in [-0.3, -0.25) is 4.68 Å². The molecular weight excluding hydrogens is 298 g/mol.